The summed E-state index contributed by atoms with van der Waals surface area (Å²) in [7, 11) is 0. The maximum atomic E-state index is 2.34. The van der Waals surface area contributed by atoms with E-state index in [0.717, 1.165) is 11.8 Å². The van der Waals surface area contributed by atoms with Crippen LogP contribution in [0.2, 0.25) is 0 Å². The number of benzene rings is 1. The average Bonchev–Trinajstić information content (AvgIpc) is 2.78. The van der Waals surface area contributed by atoms with Crippen molar-refractivity contribution in [1.82, 2.24) is 0 Å². The standard InChI is InChI=1S/C17H23/c1-3-8-14(9-4-1)16-12-6-2-5-10-15-11-7-13-17(15)16/h1,3-4,8-9,15-16H,2,5-7,10-13H2. The number of hydrogen-bond donors (Lipinski definition) is 0. The molecule has 2 saturated carbocycles. The molecule has 0 spiro atoms. The summed E-state index contributed by atoms with van der Waals surface area (Å²) in [5.74, 6) is 3.64. The molecule has 2 aliphatic rings. The Bertz CT molecular complexity index is 340. The van der Waals surface area contributed by atoms with Gasteiger partial charge in [0.2, 0.25) is 0 Å². The van der Waals surface area contributed by atoms with Gasteiger partial charge in [0.1, 0.15) is 0 Å². The normalized spacial score (nSPS) is 30.6. The van der Waals surface area contributed by atoms with Crippen LogP contribution in [0, 0.1) is 11.8 Å². The molecule has 0 saturated heterocycles. The Balaban J connectivity index is 1.84. The van der Waals surface area contributed by atoms with Crippen molar-refractivity contribution in [3.8, 4) is 0 Å². The molecule has 3 rings (SSSR count). The zero-order chi connectivity index (χ0) is 11.5. The highest BCUT2D eigenvalue weighted by Crippen LogP contribution is 2.48. The number of hydrogen-bond acceptors (Lipinski definition) is 0. The Kier molecular flexibility index (Phi) is 3.49. The second-order valence-electron chi connectivity index (χ2n) is 5.77. The smallest absolute Gasteiger partial charge is 0.00970 e. The predicted molar refractivity (Wildman–Crippen MR) is 72.9 cm³/mol. The van der Waals surface area contributed by atoms with Gasteiger partial charge >= 0.3 is 0 Å². The molecule has 1 aromatic carbocycles. The molecule has 0 aromatic heterocycles. The molecule has 0 N–H and O–H groups in total. The summed E-state index contributed by atoms with van der Waals surface area (Å²) in [5, 5.41) is 0. The largest absolute Gasteiger partial charge is 0.0622 e. The van der Waals surface area contributed by atoms with E-state index in [1.165, 1.54) is 51.4 Å². The van der Waals surface area contributed by atoms with E-state index in [1.807, 2.05) is 5.92 Å². The topological polar surface area (TPSA) is 0 Å². The van der Waals surface area contributed by atoms with Gasteiger partial charge in [0.25, 0.3) is 0 Å². The minimum Gasteiger partial charge on any atom is -0.0622 e. The molecule has 2 fully saturated rings. The van der Waals surface area contributed by atoms with Gasteiger partial charge in [-0.05, 0) is 49.0 Å². The van der Waals surface area contributed by atoms with Gasteiger partial charge in [-0.1, -0.05) is 56.0 Å². The summed E-state index contributed by atoms with van der Waals surface area (Å²) in [4.78, 5) is 0. The summed E-state index contributed by atoms with van der Waals surface area (Å²) >= 11 is 0. The van der Waals surface area contributed by atoms with Crippen LogP contribution in [-0.2, 0) is 0 Å². The van der Waals surface area contributed by atoms with Crippen LogP contribution in [0.5, 0.6) is 0 Å². The Hall–Kier alpha value is -0.780. The third kappa shape index (κ3) is 2.41. The first kappa shape index (κ1) is 11.3. The van der Waals surface area contributed by atoms with Crippen LogP contribution in [0.15, 0.2) is 30.3 Å². The van der Waals surface area contributed by atoms with Crippen molar-refractivity contribution in [2.45, 2.75) is 57.3 Å². The minimum atomic E-state index is 0.781. The minimum absolute atomic E-state index is 0.781. The first-order valence-corrected chi connectivity index (χ1v) is 7.36. The Morgan fingerprint density at radius 3 is 2.41 bits per heavy atom. The van der Waals surface area contributed by atoms with Gasteiger partial charge in [0, 0.05) is 0 Å². The van der Waals surface area contributed by atoms with Crippen molar-refractivity contribution in [2.24, 2.45) is 5.92 Å². The van der Waals surface area contributed by atoms with E-state index in [1.54, 1.807) is 5.56 Å². The number of fused-ring (bicyclic) bond motifs is 1. The van der Waals surface area contributed by atoms with Crippen molar-refractivity contribution in [1.29, 1.82) is 0 Å². The fourth-order valence-corrected chi connectivity index (χ4v) is 3.90. The SMILES string of the molecule is c1ccc(C2CCCCCC3CCC[C]32)cc1. The van der Waals surface area contributed by atoms with Crippen LogP contribution in [0.4, 0.5) is 0 Å². The van der Waals surface area contributed by atoms with E-state index in [0.29, 0.717) is 0 Å². The van der Waals surface area contributed by atoms with Gasteiger partial charge in [-0.15, -0.1) is 0 Å². The second-order valence-corrected chi connectivity index (χ2v) is 5.77. The highest BCUT2D eigenvalue weighted by molar-refractivity contribution is 5.28. The zero-order valence-electron chi connectivity index (χ0n) is 10.7. The summed E-state index contributed by atoms with van der Waals surface area (Å²) in [5.41, 5.74) is 1.58. The van der Waals surface area contributed by atoms with Gasteiger partial charge in [-0.2, -0.15) is 0 Å². The molecule has 2 unspecified atom stereocenters. The quantitative estimate of drug-likeness (QED) is 0.625. The van der Waals surface area contributed by atoms with Gasteiger partial charge in [0.05, 0.1) is 0 Å². The summed E-state index contributed by atoms with van der Waals surface area (Å²) in [6, 6.07) is 11.2. The lowest BCUT2D eigenvalue weighted by Crippen LogP contribution is -2.17. The molecular weight excluding hydrogens is 204 g/mol. The van der Waals surface area contributed by atoms with Crippen molar-refractivity contribution >= 4 is 0 Å². The molecule has 0 bridgehead atoms. The van der Waals surface area contributed by atoms with Crippen LogP contribution < -0.4 is 0 Å². The maximum Gasteiger partial charge on any atom is -0.00970 e. The maximum absolute atomic E-state index is 2.34. The fraction of sp³-hybridized carbons (Fsp3) is 0.588. The van der Waals surface area contributed by atoms with Crippen LogP contribution in [0.25, 0.3) is 0 Å². The van der Waals surface area contributed by atoms with Gasteiger partial charge in [-0.3, -0.25) is 0 Å². The van der Waals surface area contributed by atoms with Crippen molar-refractivity contribution < 1.29 is 0 Å². The molecule has 0 nitrogen and oxygen atoms in total. The molecule has 2 atom stereocenters. The van der Waals surface area contributed by atoms with E-state index < -0.39 is 0 Å². The molecule has 1 radical (unpaired) electrons. The van der Waals surface area contributed by atoms with Crippen molar-refractivity contribution in [3.05, 3.63) is 41.8 Å². The monoisotopic (exact) mass is 227 g/mol. The zero-order valence-corrected chi connectivity index (χ0v) is 10.7. The molecule has 0 amide bonds. The molecule has 17 heavy (non-hydrogen) atoms. The summed E-state index contributed by atoms with van der Waals surface area (Å²) < 4.78 is 0. The van der Waals surface area contributed by atoms with E-state index in [4.69, 9.17) is 0 Å². The van der Waals surface area contributed by atoms with Crippen molar-refractivity contribution in [2.75, 3.05) is 0 Å². The fourth-order valence-electron chi connectivity index (χ4n) is 3.90. The van der Waals surface area contributed by atoms with Gasteiger partial charge < -0.3 is 0 Å². The molecule has 0 heteroatoms. The van der Waals surface area contributed by atoms with Crippen LogP contribution in [-0.4, -0.2) is 0 Å². The lowest BCUT2D eigenvalue weighted by molar-refractivity contribution is 0.402. The van der Waals surface area contributed by atoms with E-state index in [-0.39, 0.29) is 0 Å². The third-order valence-corrected chi connectivity index (χ3v) is 4.74. The Morgan fingerprint density at radius 2 is 1.53 bits per heavy atom. The molecular formula is C17H23. The molecule has 0 heterocycles. The molecule has 91 valence electrons. The third-order valence-electron chi connectivity index (χ3n) is 4.74. The lowest BCUT2D eigenvalue weighted by Gasteiger charge is -2.31. The lowest BCUT2D eigenvalue weighted by atomic mass is 9.74. The Morgan fingerprint density at radius 1 is 0.765 bits per heavy atom. The molecule has 2 aliphatic carbocycles. The second kappa shape index (κ2) is 5.25. The highest BCUT2D eigenvalue weighted by atomic mass is 14.4. The van der Waals surface area contributed by atoms with Crippen LogP contribution in [0.3, 0.4) is 0 Å². The summed E-state index contributed by atoms with van der Waals surface area (Å²) in [6.45, 7) is 0. The van der Waals surface area contributed by atoms with E-state index in [2.05, 4.69) is 30.3 Å². The first-order chi connectivity index (χ1) is 8.45. The summed E-state index contributed by atoms with van der Waals surface area (Å²) in [6.07, 6.45) is 11.5. The highest BCUT2D eigenvalue weighted by Gasteiger charge is 2.35. The predicted octanol–water partition coefficient (Wildman–Crippen LogP) is 5.11. The van der Waals surface area contributed by atoms with Crippen LogP contribution >= 0.6 is 0 Å². The average molecular weight is 227 g/mol. The van der Waals surface area contributed by atoms with E-state index in [9.17, 15) is 0 Å². The molecule has 0 aliphatic heterocycles. The van der Waals surface area contributed by atoms with Gasteiger partial charge in [-0.25, -0.2) is 0 Å². The van der Waals surface area contributed by atoms with E-state index >= 15 is 0 Å². The van der Waals surface area contributed by atoms with Crippen molar-refractivity contribution in [3.63, 3.8) is 0 Å². The molecule has 1 aromatic rings. The van der Waals surface area contributed by atoms with Gasteiger partial charge in [0.15, 0.2) is 0 Å². The Labute approximate surface area is 105 Å². The number of rotatable bonds is 1. The van der Waals surface area contributed by atoms with Crippen LogP contribution in [0.1, 0.15) is 62.8 Å². The first-order valence-electron chi connectivity index (χ1n) is 7.36.